The fourth-order valence-corrected chi connectivity index (χ4v) is 10.5. The van der Waals surface area contributed by atoms with E-state index in [0.29, 0.717) is 12.8 Å². The maximum atomic E-state index is 14.0. The van der Waals surface area contributed by atoms with Crippen LogP contribution in [0, 0.1) is 46.3 Å². The molecule has 1 aliphatic heterocycles. The third kappa shape index (κ3) is 7.54. The number of allylic oxidation sites excluding steroid dienone is 1. The summed E-state index contributed by atoms with van der Waals surface area (Å²) in [5.74, 6) is 0.0892. The molecule has 1 N–H and O–H groups in total. The molecule has 1 saturated heterocycles. The smallest absolute Gasteiger partial charge is 0.413 e. The highest BCUT2D eigenvalue weighted by atomic mass is 32.1. The number of hydrogen-bond acceptors (Lipinski definition) is 7. The largest absolute Gasteiger partial charge is 0.463 e. The molecule has 4 bridgehead atoms. The molecule has 9 nitrogen and oxygen atoms in total. The number of rotatable bonds is 13. The van der Waals surface area contributed by atoms with E-state index in [1.54, 1.807) is 31.7 Å². The van der Waals surface area contributed by atoms with Gasteiger partial charge < -0.3 is 19.7 Å². The van der Waals surface area contributed by atoms with Crippen LogP contribution in [-0.2, 0) is 23.9 Å². The van der Waals surface area contributed by atoms with E-state index in [1.807, 2.05) is 0 Å². The molecule has 0 radical (unpaired) electrons. The first-order valence-corrected chi connectivity index (χ1v) is 17.8. The monoisotopic (exact) mass is 694 g/mol. The van der Waals surface area contributed by atoms with Crippen molar-refractivity contribution < 1.29 is 37.0 Å². The fourth-order valence-electron chi connectivity index (χ4n) is 9.94. The summed E-state index contributed by atoms with van der Waals surface area (Å²) in [4.78, 5) is 41.6. The van der Waals surface area contributed by atoms with Crippen LogP contribution in [0.2, 0.25) is 0 Å². The molecule has 13 heteroatoms. The zero-order valence-electron chi connectivity index (χ0n) is 28.5. The summed E-state index contributed by atoms with van der Waals surface area (Å²) in [5.41, 5.74) is -2.14. The number of halogens is 3. The van der Waals surface area contributed by atoms with Gasteiger partial charge in [0.1, 0.15) is 12.1 Å². The van der Waals surface area contributed by atoms with Gasteiger partial charge >= 0.3 is 12.1 Å². The van der Waals surface area contributed by atoms with Gasteiger partial charge in [0.05, 0.1) is 31.3 Å². The van der Waals surface area contributed by atoms with Crippen LogP contribution < -0.4 is 5.32 Å². The standard InChI is InChI=1S/C35H49F3N4O5S/c1-21-12-26(20-39)29(35(36,37)38)22(2)30(21)42-31(45)33(3,4)41(32(42)48)8-5-6-27(43)40-7-9-46-10-11-47-28(44)19-34-16-23-13-24(17-34)15-25(14-23)18-34/h21-25,30H,5-19H2,1-4H3,(H,40,43). The zero-order chi connectivity index (χ0) is 35.0. The van der Waals surface area contributed by atoms with E-state index in [0.717, 1.165) is 37.0 Å². The Hall–Kier alpha value is -2.72. The number of esters is 1. The van der Waals surface area contributed by atoms with Crippen LogP contribution >= 0.6 is 12.2 Å². The molecule has 6 rings (SSSR count). The van der Waals surface area contributed by atoms with Crippen molar-refractivity contribution in [3.8, 4) is 6.07 Å². The summed E-state index contributed by atoms with van der Waals surface area (Å²) in [6, 6.07) is 0.869. The number of hydrogen-bond donors (Lipinski definition) is 1. The molecule has 0 aromatic heterocycles. The summed E-state index contributed by atoms with van der Waals surface area (Å²) in [6.07, 6.45) is 3.76. The molecular formula is C35H49F3N4O5S. The van der Waals surface area contributed by atoms with Crippen molar-refractivity contribution in [2.24, 2.45) is 35.0 Å². The Bertz CT molecular complexity index is 1320. The highest BCUT2D eigenvalue weighted by molar-refractivity contribution is 7.80. The summed E-state index contributed by atoms with van der Waals surface area (Å²) < 4.78 is 52.9. The number of thiocarbonyl (C=S) groups is 1. The summed E-state index contributed by atoms with van der Waals surface area (Å²) in [6.45, 7) is 7.77. The second-order valence-corrected chi connectivity index (χ2v) is 15.9. The first kappa shape index (κ1) is 36.6. The van der Waals surface area contributed by atoms with Crippen LogP contribution in [0.3, 0.4) is 0 Å². The number of nitrogens with one attached hydrogen (secondary N) is 1. The molecule has 5 fully saturated rings. The van der Waals surface area contributed by atoms with Gasteiger partial charge in [-0.25, -0.2) is 0 Å². The molecule has 48 heavy (non-hydrogen) atoms. The van der Waals surface area contributed by atoms with E-state index in [4.69, 9.17) is 21.7 Å². The lowest BCUT2D eigenvalue weighted by Gasteiger charge is -2.56. The predicted molar refractivity (Wildman–Crippen MR) is 175 cm³/mol. The van der Waals surface area contributed by atoms with Gasteiger partial charge in [0.2, 0.25) is 5.91 Å². The van der Waals surface area contributed by atoms with E-state index in [-0.39, 0.29) is 73.7 Å². The van der Waals surface area contributed by atoms with E-state index < -0.39 is 41.1 Å². The van der Waals surface area contributed by atoms with Crippen LogP contribution in [0.5, 0.6) is 0 Å². The third-order valence-electron chi connectivity index (χ3n) is 11.5. The molecule has 3 unspecified atom stereocenters. The van der Waals surface area contributed by atoms with Gasteiger partial charge in [-0.3, -0.25) is 19.3 Å². The van der Waals surface area contributed by atoms with E-state index in [9.17, 15) is 32.8 Å². The molecule has 0 aromatic rings. The number of carbonyl (C=O) groups is 3. The Labute approximate surface area is 286 Å². The Kier molecular flexibility index (Phi) is 10.9. The minimum Gasteiger partial charge on any atom is -0.463 e. The number of amides is 2. The van der Waals surface area contributed by atoms with Crippen molar-refractivity contribution in [1.29, 1.82) is 5.26 Å². The van der Waals surface area contributed by atoms with Crippen molar-refractivity contribution in [3.63, 3.8) is 0 Å². The molecule has 2 amide bonds. The molecular weight excluding hydrogens is 645 g/mol. The predicted octanol–water partition coefficient (Wildman–Crippen LogP) is 5.68. The average Bonchev–Trinajstić information content (AvgIpc) is 3.13. The van der Waals surface area contributed by atoms with Crippen LogP contribution in [0.4, 0.5) is 13.2 Å². The SMILES string of the molecule is CC1CC(C#N)=C(C(F)(F)F)C(C)C1N1C(=O)C(C)(C)N(CCCC(=O)NCCOCCOC(=O)CC23CC4CC(CC(C4)C2)C3)C1=S. The second kappa shape index (κ2) is 14.3. The van der Waals surface area contributed by atoms with Crippen LogP contribution in [0.25, 0.3) is 0 Å². The number of carbonyl (C=O) groups excluding carboxylic acids is 3. The van der Waals surface area contributed by atoms with Crippen molar-refractivity contribution in [2.45, 2.75) is 110 Å². The van der Waals surface area contributed by atoms with Crippen LogP contribution in [-0.4, -0.2) is 83.4 Å². The van der Waals surface area contributed by atoms with Gasteiger partial charge in [0.15, 0.2) is 5.11 Å². The van der Waals surface area contributed by atoms with Crippen molar-refractivity contribution in [1.82, 2.24) is 15.1 Å². The van der Waals surface area contributed by atoms with Crippen molar-refractivity contribution >= 4 is 35.1 Å². The molecule has 5 aliphatic carbocycles. The minimum atomic E-state index is -4.69. The molecule has 6 aliphatic rings. The van der Waals surface area contributed by atoms with Gasteiger partial charge in [-0.2, -0.15) is 18.4 Å². The molecule has 0 spiro atoms. The van der Waals surface area contributed by atoms with Gasteiger partial charge in [-0.15, -0.1) is 0 Å². The zero-order valence-corrected chi connectivity index (χ0v) is 29.3. The minimum absolute atomic E-state index is 0.0934. The second-order valence-electron chi connectivity index (χ2n) is 15.5. The Morgan fingerprint density at radius 2 is 1.69 bits per heavy atom. The summed E-state index contributed by atoms with van der Waals surface area (Å²) in [7, 11) is 0. The Balaban J connectivity index is 0.999. The lowest BCUT2D eigenvalue weighted by atomic mass is 9.49. The molecule has 3 atom stereocenters. The molecule has 4 saturated carbocycles. The number of nitriles is 1. The summed E-state index contributed by atoms with van der Waals surface area (Å²) in [5, 5.41) is 12.3. The Morgan fingerprint density at radius 3 is 2.27 bits per heavy atom. The highest BCUT2D eigenvalue weighted by Gasteiger charge is 2.56. The molecule has 0 aromatic carbocycles. The van der Waals surface area contributed by atoms with Gasteiger partial charge in [0, 0.05) is 37.0 Å². The van der Waals surface area contributed by atoms with Gasteiger partial charge in [0.25, 0.3) is 5.91 Å². The maximum absolute atomic E-state index is 14.0. The maximum Gasteiger partial charge on any atom is 0.413 e. The lowest BCUT2D eigenvalue weighted by molar-refractivity contribution is -0.153. The number of ether oxygens (including phenoxy) is 2. The normalized spacial score (nSPS) is 32.5. The van der Waals surface area contributed by atoms with Crippen LogP contribution in [0.1, 0.15) is 91.9 Å². The third-order valence-corrected chi connectivity index (χ3v) is 11.9. The molecule has 266 valence electrons. The number of nitrogens with zero attached hydrogens (tertiary/aromatic N) is 3. The van der Waals surface area contributed by atoms with Gasteiger partial charge in [-0.05, 0) is 107 Å². The number of alkyl halides is 3. The van der Waals surface area contributed by atoms with Crippen molar-refractivity contribution in [2.75, 3.05) is 32.9 Å². The lowest BCUT2D eigenvalue weighted by Crippen LogP contribution is -2.52. The van der Waals surface area contributed by atoms with E-state index in [1.165, 1.54) is 31.1 Å². The Morgan fingerprint density at radius 1 is 1.06 bits per heavy atom. The van der Waals surface area contributed by atoms with Gasteiger partial charge in [-0.1, -0.05) is 13.8 Å². The fraction of sp³-hybridized carbons (Fsp3) is 0.800. The van der Waals surface area contributed by atoms with Crippen molar-refractivity contribution in [3.05, 3.63) is 11.1 Å². The first-order valence-electron chi connectivity index (χ1n) is 17.4. The molecule has 1 heterocycles. The highest BCUT2D eigenvalue weighted by Crippen LogP contribution is 2.61. The van der Waals surface area contributed by atoms with Crippen LogP contribution in [0.15, 0.2) is 11.1 Å². The average molecular weight is 695 g/mol. The first-order chi connectivity index (χ1) is 22.6. The summed E-state index contributed by atoms with van der Waals surface area (Å²) >= 11 is 5.67. The quantitative estimate of drug-likeness (QED) is 0.149. The van der Waals surface area contributed by atoms with E-state index in [2.05, 4.69) is 5.32 Å². The topological polar surface area (TPSA) is 112 Å². The van der Waals surface area contributed by atoms with E-state index >= 15 is 0 Å².